The van der Waals surface area contributed by atoms with Crippen molar-refractivity contribution in [1.82, 2.24) is 13.7 Å². The molecular weight excluding hydrogens is 1230 g/mol. The van der Waals surface area contributed by atoms with Gasteiger partial charge in [-0.15, -0.1) is 0 Å². The van der Waals surface area contributed by atoms with Crippen LogP contribution in [-0.4, -0.2) is 20.4 Å². The third-order valence-corrected chi connectivity index (χ3v) is 21.5. The predicted octanol–water partition coefficient (Wildman–Crippen LogP) is 23.4. The van der Waals surface area contributed by atoms with Gasteiger partial charge in [-0.3, -0.25) is 0 Å². The first kappa shape index (κ1) is 57.6. The average Bonchev–Trinajstić information content (AvgIpc) is 1.10. The van der Waals surface area contributed by atoms with Crippen molar-refractivity contribution in [3.8, 4) is 72.7 Å². The van der Waals surface area contributed by atoms with Crippen LogP contribution < -0.4 is 26.2 Å². The van der Waals surface area contributed by atoms with Gasteiger partial charge in [0.1, 0.15) is 0 Å². The molecule has 6 heteroatoms. The molecule has 0 amide bonds. The van der Waals surface area contributed by atoms with Crippen LogP contribution in [0.1, 0.15) is 0 Å². The predicted molar refractivity (Wildman–Crippen MR) is 431 cm³/mol. The SMILES string of the molecule is c1ccc(-c2cc(-c3ccccc3)cc(N3c4cc5c(cc4B4c6cc7c8ccccc8n(-c8ccccc8)c7cc6N(c6cc(-c7ccccc7)cc(-c7ccccc7)c6)c6cc(-c7ccc8c(c7)c7ccccc7n8-c7ccccc7)cc3c64)c3ccccc3n5-c3ccccc3)c2)cc1. The summed E-state index contributed by atoms with van der Waals surface area (Å²) in [6, 6.07) is 140. The molecular formula is C96H62BN5. The van der Waals surface area contributed by atoms with Crippen molar-refractivity contribution in [3.05, 3.63) is 376 Å². The molecule has 0 N–H and O–H groups in total. The van der Waals surface area contributed by atoms with Crippen LogP contribution in [0.3, 0.4) is 0 Å². The number of anilines is 6. The summed E-state index contributed by atoms with van der Waals surface area (Å²) < 4.78 is 7.39. The minimum atomic E-state index is -0.267. The number of benzene rings is 16. The Morgan fingerprint density at radius 2 is 0.461 bits per heavy atom. The van der Waals surface area contributed by atoms with Gasteiger partial charge >= 0.3 is 0 Å². The van der Waals surface area contributed by atoms with Gasteiger partial charge < -0.3 is 23.5 Å². The average molecular weight is 1300 g/mol. The van der Waals surface area contributed by atoms with Crippen molar-refractivity contribution < 1.29 is 0 Å². The molecule has 0 saturated carbocycles. The topological polar surface area (TPSA) is 21.3 Å². The van der Waals surface area contributed by atoms with E-state index in [1.807, 2.05) is 0 Å². The lowest BCUT2D eigenvalue weighted by Crippen LogP contribution is -2.61. The van der Waals surface area contributed by atoms with Gasteiger partial charge in [-0.2, -0.15) is 0 Å². The first-order valence-corrected chi connectivity index (χ1v) is 35.2. The van der Waals surface area contributed by atoms with Crippen molar-refractivity contribution in [1.29, 1.82) is 0 Å². The number of fused-ring (bicyclic) bond motifs is 13. The third kappa shape index (κ3) is 9.06. The lowest BCUT2D eigenvalue weighted by Gasteiger charge is -2.45. The Bertz CT molecular complexity index is 6110. The second kappa shape index (κ2) is 23.1. The Balaban J connectivity index is 0.946. The molecule has 16 aromatic carbocycles. The number of hydrogen-bond donors (Lipinski definition) is 0. The molecule has 0 radical (unpaired) electrons. The Morgan fingerprint density at radius 3 is 0.824 bits per heavy atom. The molecule has 0 unspecified atom stereocenters. The molecule has 0 bridgehead atoms. The molecule has 5 nitrogen and oxygen atoms in total. The van der Waals surface area contributed by atoms with Crippen molar-refractivity contribution in [2.75, 3.05) is 9.80 Å². The van der Waals surface area contributed by atoms with Gasteiger partial charge in [0.2, 0.25) is 0 Å². The maximum absolute atomic E-state index is 2.65. The Hall–Kier alpha value is -13.4. The van der Waals surface area contributed by atoms with Crippen molar-refractivity contribution in [2.24, 2.45) is 0 Å². The fourth-order valence-corrected chi connectivity index (χ4v) is 17.0. The van der Waals surface area contributed by atoms with Crippen molar-refractivity contribution in [2.45, 2.75) is 0 Å². The third-order valence-electron chi connectivity index (χ3n) is 21.5. The largest absolute Gasteiger partial charge is 0.311 e. The lowest BCUT2D eigenvalue weighted by molar-refractivity contribution is 1.17. The fraction of sp³-hybridized carbons (Fsp3) is 0. The minimum Gasteiger partial charge on any atom is -0.311 e. The van der Waals surface area contributed by atoms with E-state index in [1.54, 1.807) is 0 Å². The zero-order chi connectivity index (χ0) is 66.9. The van der Waals surface area contributed by atoms with Gasteiger partial charge in [0.15, 0.2) is 0 Å². The molecule has 0 spiro atoms. The van der Waals surface area contributed by atoms with Crippen LogP contribution >= 0.6 is 0 Å². The first-order valence-electron chi connectivity index (χ1n) is 35.2. The minimum absolute atomic E-state index is 0.267. The summed E-state index contributed by atoms with van der Waals surface area (Å²) in [7, 11) is 0. The summed E-state index contributed by atoms with van der Waals surface area (Å²) in [6.07, 6.45) is 0. The highest BCUT2D eigenvalue weighted by Gasteiger charge is 2.45. The van der Waals surface area contributed by atoms with Crippen LogP contribution in [0, 0.1) is 0 Å². The Morgan fingerprint density at radius 1 is 0.167 bits per heavy atom. The zero-order valence-electron chi connectivity index (χ0n) is 55.6. The molecule has 0 fully saturated rings. The number of para-hydroxylation sites is 6. The molecule has 474 valence electrons. The van der Waals surface area contributed by atoms with Crippen molar-refractivity contribution in [3.63, 3.8) is 0 Å². The summed E-state index contributed by atoms with van der Waals surface area (Å²) in [6.45, 7) is -0.267. The molecule has 2 aliphatic rings. The molecule has 0 saturated heterocycles. The summed E-state index contributed by atoms with van der Waals surface area (Å²) >= 11 is 0. The summed E-state index contributed by atoms with van der Waals surface area (Å²) in [5.41, 5.74) is 31.9. The maximum atomic E-state index is 2.65. The van der Waals surface area contributed by atoms with E-state index in [0.29, 0.717) is 0 Å². The van der Waals surface area contributed by atoms with E-state index >= 15 is 0 Å². The Kier molecular flexibility index (Phi) is 13.1. The maximum Gasteiger partial charge on any atom is 0.252 e. The standard InChI is InChI=1S/C96H62BN5/c1-8-28-63(29-9-1)68-50-69(64-30-10-2-11-31-64)53-76(52-68)101-92-61-90-82(79-43-23-26-46-87(79)99(90)74-38-18-6-19-39-74)59-84(92)97-85-60-83-80-44-24-27-47-88(80)100(75-40-20-7-21-41-75)91(83)62-93(85)102(77-54-70(65-32-12-3-13-33-65)51-71(55-77)66-34-14-4-15-35-66)95-58-72(57-94(101)96(95)97)67-48-49-89-81(56-67)78-42-22-25-45-86(78)98(89)73-36-16-5-17-37-73/h1-62H. The van der Waals surface area contributed by atoms with Gasteiger partial charge in [-0.05, 0) is 199 Å². The second-order valence-electron chi connectivity index (χ2n) is 27.2. The molecule has 102 heavy (non-hydrogen) atoms. The monoisotopic (exact) mass is 1300 g/mol. The van der Waals surface area contributed by atoms with Crippen LogP contribution in [0.4, 0.5) is 34.1 Å². The van der Waals surface area contributed by atoms with Gasteiger partial charge in [-0.25, -0.2) is 0 Å². The van der Waals surface area contributed by atoms with Crippen molar-refractivity contribution >= 4 is 123 Å². The molecule has 0 aliphatic carbocycles. The van der Waals surface area contributed by atoms with Crippen LogP contribution in [0.2, 0.25) is 0 Å². The molecule has 21 rings (SSSR count). The highest BCUT2D eigenvalue weighted by Crippen LogP contribution is 2.52. The quantitative estimate of drug-likeness (QED) is 0.127. The van der Waals surface area contributed by atoms with Crippen LogP contribution in [0.25, 0.3) is 138 Å². The smallest absolute Gasteiger partial charge is 0.252 e. The summed E-state index contributed by atoms with van der Waals surface area (Å²) in [4.78, 5) is 5.30. The number of rotatable bonds is 10. The van der Waals surface area contributed by atoms with E-state index in [1.165, 1.54) is 54.2 Å². The van der Waals surface area contributed by atoms with E-state index in [0.717, 1.165) is 134 Å². The fourth-order valence-electron chi connectivity index (χ4n) is 17.0. The van der Waals surface area contributed by atoms with E-state index < -0.39 is 0 Å². The first-order chi connectivity index (χ1) is 50.6. The highest BCUT2D eigenvalue weighted by molar-refractivity contribution is 7.00. The number of hydrogen-bond acceptors (Lipinski definition) is 2. The highest BCUT2D eigenvalue weighted by atomic mass is 15.2. The number of aromatic nitrogens is 3. The van der Waals surface area contributed by atoms with Gasteiger partial charge in [-0.1, -0.05) is 249 Å². The molecule has 19 aromatic rings. The van der Waals surface area contributed by atoms with Crippen LogP contribution in [0.5, 0.6) is 0 Å². The van der Waals surface area contributed by atoms with Gasteiger partial charge in [0.25, 0.3) is 6.71 Å². The zero-order valence-corrected chi connectivity index (χ0v) is 55.6. The van der Waals surface area contributed by atoms with Gasteiger partial charge in [0.05, 0.1) is 33.1 Å². The van der Waals surface area contributed by atoms with E-state index in [2.05, 4.69) is 400 Å². The normalized spacial score (nSPS) is 12.5. The lowest BCUT2D eigenvalue weighted by atomic mass is 9.33. The molecule has 0 atom stereocenters. The molecule has 2 aliphatic heterocycles. The summed E-state index contributed by atoms with van der Waals surface area (Å²) in [5, 5.41) is 7.22. The second-order valence-corrected chi connectivity index (χ2v) is 27.2. The van der Waals surface area contributed by atoms with E-state index in [-0.39, 0.29) is 6.71 Å². The summed E-state index contributed by atoms with van der Waals surface area (Å²) in [5.74, 6) is 0. The molecule has 3 aromatic heterocycles. The number of nitrogens with zero attached hydrogens (tertiary/aromatic N) is 5. The van der Waals surface area contributed by atoms with Gasteiger partial charge in [0, 0.05) is 83.5 Å². The Labute approximate surface area is 591 Å². The van der Waals surface area contributed by atoms with Crippen LogP contribution in [0.15, 0.2) is 376 Å². The van der Waals surface area contributed by atoms with E-state index in [4.69, 9.17) is 0 Å². The molecule has 5 heterocycles. The van der Waals surface area contributed by atoms with E-state index in [9.17, 15) is 0 Å². The van der Waals surface area contributed by atoms with Crippen LogP contribution in [-0.2, 0) is 0 Å².